The molecule has 0 aromatic carbocycles. The van der Waals surface area contributed by atoms with Crippen molar-refractivity contribution >= 4 is 17.8 Å². The Morgan fingerprint density at radius 1 is 1.21 bits per heavy atom. The number of anilines is 3. The van der Waals surface area contributed by atoms with E-state index in [1.165, 1.54) is 25.7 Å². The van der Waals surface area contributed by atoms with Gasteiger partial charge >= 0.3 is 0 Å². The number of nitrogens with zero attached hydrogens (tertiary/aromatic N) is 5. The van der Waals surface area contributed by atoms with Gasteiger partial charge in [-0.2, -0.15) is 15.0 Å². The molecule has 1 aromatic rings. The van der Waals surface area contributed by atoms with Crippen LogP contribution in [0.3, 0.4) is 0 Å². The molecule has 1 saturated carbocycles. The quantitative estimate of drug-likeness (QED) is 0.868. The fourth-order valence-electron chi connectivity index (χ4n) is 2.60. The Labute approximate surface area is 114 Å². The molecule has 1 N–H and O–H groups in total. The smallest absolute Gasteiger partial charge is 0.232 e. The minimum absolute atomic E-state index is 0.628. The average Bonchev–Trinajstić information content (AvgIpc) is 3.12. The zero-order valence-corrected chi connectivity index (χ0v) is 11.8. The van der Waals surface area contributed by atoms with Gasteiger partial charge in [0, 0.05) is 32.7 Å². The second kappa shape index (κ2) is 5.19. The van der Waals surface area contributed by atoms with E-state index in [0.29, 0.717) is 12.0 Å². The van der Waals surface area contributed by atoms with E-state index in [-0.39, 0.29) is 0 Å². The van der Waals surface area contributed by atoms with Crippen molar-refractivity contribution in [3.05, 3.63) is 0 Å². The van der Waals surface area contributed by atoms with Crippen LogP contribution in [0.1, 0.15) is 32.6 Å². The first kappa shape index (κ1) is 12.4. The first-order valence-electron chi connectivity index (χ1n) is 7.27. The first-order chi connectivity index (χ1) is 9.31. The van der Waals surface area contributed by atoms with Gasteiger partial charge in [0.2, 0.25) is 17.8 Å². The molecule has 2 heterocycles. The van der Waals surface area contributed by atoms with Crippen molar-refractivity contribution in [2.75, 3.05) is 41.8 Å². The van der Waals surface area contributed by atoms with Gasteiger partial charge in [0.15, 0.2) is 0 Å². The van der Waals surface area contributed by atoms with Gasteiger partial charge in [0.05, 0.1) is 0 Å². The predicted molar refractivity (Wildman–Crippen MR) is 76.9 cm³/mol. The van der Waals surface area contributed by atoms with Crippen LogP contribution < -0.4 is 15.1 Å². The van der Waals surface area contributed by atoms with E-state index in [2.05, 4.69) is 37.0 Å². The van der Waals surface area contributed by atoms with Gasteiger partial charge in [0.1, 0.15) is 0 Å². The Kier molecular flexibility index (Phi) is 3.40. The van der Waals surface area contributed by atoms with E-state index in [9.17, 15) is 0 Å². The van der Waals surface area contributed by atoms with Crippen LogP contribution in [-0.2, 0) is 0 Å². The molecule has 0 unspecified atom stereocenters. The second-order valence-corrected chi connectivity index (χ2v) is 5.22. The third-order valence-electron chi connectivity index (χ3n) is 3.81. The molecule has 6 heteroatoms. The summed E-state index contributed by atoms with van der Waals surface area (Å²) < 4.78 is 0. The normalized spacial score (nSPS) is 18.7. The molecule has 19 heavy (non-hydrogen) atoms. The van der Waals surface area contributed by atoms with E-state index >= 15 is 0 Å². The molecule has 3 rings (SSSR count). The summed E-state index contributed by atoms with van der Waals surface area (Å²) in [5.74, 6) is 2.32. The van der Waals surface area contributed by atoms with Crippen LogP contribution >= 0.6 is 0 Å². The van der Waals surface area contributed by atoms with Crippen LogP contribution in [0, 0.1) is 0 Å². The number of hydrogen-bond acceptors (Lipinski definition) is 6. The lowest BCUT2D eigenvalue weighted by Crippen LogP contribution is -2.29. The Balaban J connectivity index is 1.91. The van der Waals surface area contributed by atoms with E-state index in [1.807, 2.05) is 7.05 Å². The molecule has 0 radical (unpaired) electrons. The van der Waals surface area contributed by atoms with E-state index in [1.54, 1.807) is 0 Å². The highest BCUT2D eigenvalue weighted by Crippen LogP contribution is 2.30. The molecule has 1 saturated heterocycles. The van der Waals surface area contributed by atoms with Crippen molar-refractivity contribution in [2.45, 2.75) is 38.6 Å². The van der Waals surface area contributed by atoms with Crippen molar-refractivity contribution in [2.24, 2.45) is 0 Å². The summed E-state index contributed by atoms with van der Waals surface area (Å²) in [7, 11) is 1.86. The monoisotopic (exact) mass is 262 g/mol. The number of hydrogen-bond donors (Lipinski definition) is 1. The van der Waals surface area contributed by atoms with Crippen LogP contribution in [0.15, 0.2) is 0 Å². The van der Waals surface area contributed by atoms with Gasteiger partial charge in [-0.3, -0.25) is 0 Å². The van der Waals surface area contributed by atoms with Crippen molar-refractivity contribution in [1.82, 2.24) is 15.0 Å². The zero-order chi connectivity index (χ0) is 13.2. The SMILES string of the molecule is CCN(c1nc(NC)nc(N2CCCC2)n1)C1CC1. The molecule has 0 atom stereocenters. The van der Waals surface area contributed by atoms with Crippen molar-refractivity contribution in [3.8, 4) is 0 Å². The van der Waals surface area contributed by atoms with Gasteiger partial charge in [-0.15, -0.1) is 0 Å². The van der Waals surface area contributed by atoms with Gasteiger partial charge < -0.3 is 15.1 Å². The highest BCUT2D eigenvalue weighted by Gasteiger charge is 2.30. The molecule has 0 bridgehead atoms. The zero-order valence-electron chi connectivity index (χ0n) is 11.8. The fraction of sp³-hybridized carbons (Fsp3) is 0.769. The summed E-state index contributed by atoms with van der Waals surface area (Å²) in [5, 5.41) is 3.05. The molecular formula is C13H22N6. The summed E-state index contributed by atoms with van der Waals surface area (Å²) in [6.45, 7) is 5.23. The van der Waals surface area contributed by atoms with Gasteiger partial charge in [0.25, 0.3) is 0 Å². The van der Waals surface area contributed by atoms with Gasteiger partial charge in [-0.1, -0.05) is 0 Å². The van der Waals surface area contributed by atoms with E-state index < -0.39 is 0 Å². The summed E-state index contributed by atoms with van der Waals surface area (Å²) in [6.07, 6.45) is 4.98. The van der Waals surface area contributed by atoms with Crippen LogP contribution in [0.5, 0.6) is 0 Å². The third kappa shape index (κ3) is 2.57. The first-order valence-corrected chi connectivity index (χ1v) is 7.27. The number of rotatable bonds is 5. The lowest BCUT2D eigenvalue weighted by Gasteiger charge is -2.23. The summed E-state index contributed by atoms with van der Waals surface area (Å²) in [6, 6.07) is 0.628. The lowest BCUT2D eigenvalue weighted by molar-refractivity contribution is 0.771. The minimum Gasteiger partial charge on any atom is -0.357 e. The Hall–Kier alpha value is -1.59. The minimum atomic E-state index is 0.628. The third-order valence-corrected chi connectivity index (χ3v) is 3.81. The van der Waals surface area contributed by atoms with Crippen molar-refractivity contribution in [3.63, 3.8) is 0 Å². The molecule has 0 spiro atoms. The van der Waals surface area contributed by atoms with Crippen LogP contribution in [-0.4, -0.2) is 47.7 Å². The molecule has 1 aliphatic heterocycles. The molecule has 2 fully saturated rings. The highest BCUT2D eigenvalue weighted by molar-refractivity contribution is 5.46. The molecule has 104 valence electrons. The highest BCUT2D eigenvalue weighted by atomic mass is 15.4. The van der Waals surface area contributed by atoms with Crippen molar-refractivity contribution in [1.29, 1.82) is 0 Å². The van der Waals surface area contributed by atoms with Gasteiger partial charge in [-0.05, 0) is 32.6 Å². The predicted octanol–water partition coefficient (Wildman–Crippen LogP) is 1.50. The molecule has 1 aliphatic carbocycles. The standard InChI is InChI=1S/C13H22N6/c1-3-19(10-6-7-10)13-16-11(14-2)15-12(17-13)18-8-4-5-9-18/h10H,3-9H2,1-2H3,(H,14,15,16,17). The van der Waals surface area contributed by atoms with Gasteiger partial charge in [-0.25, -0.2) is 0 Å². The van der Waals surface area contributed by atoms with Crippen LogP contribution in [0.4, 0.5) is 17.8 Å². The maximum atomic E-state index is 4.69. The summed E-state index contributed by atoms with van der Waals surface area (Å²) in [5.41, 5.74) is 0. The van der Waals surface area contributed by atoms with E-state index in [4.69, 9.17) is 0 Å². The molecule has 1 aromatic heterocycles. The van der Waals surface area contributed by atoms with Crippen LogP contribution in [0.25, 0.3) is 0 Å². The Morgan fingerprint density at radius 3 is 2.53 bits per heavy atom. The van der Waals surface area contributed by atoms with E-state index in [0.717, 1.165) is 31.5 Å². The average molecular weight is 262 g/mol. The summed E-state index contributed by atoms with van der Waals surface area (Å²) >= 11 is 0. The molecule has 6 nitrogen and oxygen atoms in total. The molecular weight excluding hydrogens is 240 g/mol. The largest absolute Gasteiger partial charge is 0.357 e. The topological polar surface area (TPSA) is 57.2 Å². The Bertz CT molecular complexity index is 439. The number of nitrogens with one attached hydrogen (secondary N) is 1. The molecule has 0 amide bonds. The van der Waals surface area contributed by atoms with Crippen LogP contribution in [0.2, 0.25) is 0 Å². The number of aromatic nitrogens is 3. The fourth-order valence-corrected chi connectivity index (χ4v) is 2.60. The Morgan fingerprint density at radius 2 is 1.95 bits per heavy atom. The maximum absolute atomic E-state index is 4.69. The second-order valence-electron chi connectivity index (χ2n) is 5.22. The van der Waals surface area contributed by atoms with Crippen molar-refractivity contribution < 1.29 is 0 Å². The molecule has 2 aliphatic rings. The maximum Gasteiger partial charge on any atom is 0.232 e. The lowest BCUT2D eigenvalue weighted by atomic mass is 10.4. The summed E-state index contributed by atoms with van der Waals surface area (Å²) in [4.78, 5) is 18.3.